The zero-order valence-electron chi connectivity index (χ0n) is 17.0. The van der Waals surface area contributed by atoms with Crippen LogP contribution in [0.1, 0.15) is 37.8 Å². The van der Waals surface area contributed by atoms with Crippen molar-refractivity contribution in [3.8, 4) is 0 Å². The van der Waals surface area contributed by atoms with Crippen LogP contribution in [0.15, 0.2) is 24.3 Å². The van der Waals surface area contributed by atoms with Crippen molar-refractivity contribution < 1.29 is 9.53 Å². The Kier molecular flexibility index (Phi) is 5.97. The normalized spacial score (nSPS) is 19.9. The maximum Gasteiger partial charge on any atom is 0.221 e. The smallest absolute Gasteiger partial charge is 0.221 e. The highest BCUT2D eigenvalue weighted by atomic mass is 16.5. The minimum Gasteiger partial charge on any atom is -0.381 e. The molecule has 2 aliphatic rings. The van der Waals surface area contributed by atoms with E-state index < -0.39 is 0 Å². The van der Waals surface area contributed by atoms with Gasteiger partial charge in [-0.05, 0) is 51.8 Å². The predicted molar refractivity (Wildman–Crippen MR) is 110 cm³/mol. The Bertz CT molecular complexity index is 804. The van der Waals surface area contributed by atoms with E-state index in [1.807, 2.05) is 23.7 Å². The molecule has 0 spiro atoms. The number of hydrogen-bond donors (Lipinski definition) is 1. The second-order valence-electron chi connectivity index (χ2n) is 8.45. The number of fused-ring (bicyclic) bond motifs is 1. The van der Waals surface area contributed by atoms with Crippen molar-refractivity contribution in [3.63, 3.8) is 0 Å². The molecule has 1 aromatic carbocycles. The van der Waals surface area contributed by atoms with Gasteiger partial charge in [0.1, 0.15) is 0 Å². The van der Waals surface area contributed by atoms with E-state index in [0.717, 1.165) is 55.7 Å². The first-order valence-electron chi connectivity index (χ1n) is 10.6. The summed E-state index contributed by atoms with van der Waals surface area (Å²) in [5.74, 6) is 0.115. The van der Waals surface area contributed by atoms with Gasteiger partial charge in [-0.15, -0.1) is 0 Å². The van der Waals surface area contributed by atoms with E-state index in [-0.39, 0.29) is 11.3 Å². The molecule has 0 radical (unpaired) electrons. The summed E-state index contributed by atoms with van der Waals surface area (Å²) >= 11 is 0. The highest BCUT2D eigenvalue weighted by molar-refractivity contribution is 5.82. The fourth-order valence-corrected chi connectivity index (χ4v) is 4.66. The number of benzene rings is 1. The highest BCUT2D eigenvalue weighted by Crippen LogP contribution is 2.32. The van der Waals surface area contributed by atoms with Crippen LogP contribution in [0.2, 0.25) is 0 Å². The summed E-state index contributed by atoms with van der Waals surface area (Å²) in [6.45, 7) is 8.48. The summed E-state index contributed by atoms with van der Waals surface area (Å²) in [6.07, 6.45) is 5.13. The molecule has 2 aliphatic heterocycles. The van der Waals surface area contributed by atoms with Crippen molar-refractivity contribution in [3.05, 3.63) is 30.0 Å². The molecule has 28 heavy (non-hydrogen) atoms. The topological polar surface area (TPSA) is 59.4 Å². The third kappa shape index (κ3) is 4.39. The van der Waals surface area contributed by atoms with Crippen LogP contribution in [0.3, 0.4) is 0 Å². The lowest BCUT2D eigenvalue weighted by Gasteiger charge is -2.40. The standard InChI is InChI=1S/C22H32N4O2/c1-18-19-6-2-3-7-20(19)26(24-18)13-8-21(27)23-16-22(9-14-28-15-10-22)17-25-11-4-5-12-25/h2-3,6-7H,4-5,8-17H2,1H3,(H,23,27). The highest BCUT2D eigenvalue weighted by Gasteiger charge is 2.35. The van der Waals surface area contributed by atoms with Crippen molar-refractivity contribution in [1.82, 2.24) is 20.0 Å². The first kappa shape index (κ1) is 19.4. The molecule has 2 saturated heterocycles. The summed E-state index contributed by atoms with van der Waals surface area (Å²) in [4.78, 5) is 15.1. The summed E-state index contributed by atoms with van der Waals surface area (Å²) in [6, 6.07) is 8.21. The van der Waals surface area contributed by atoms with Gasteiger partial charge < -0.3 is 15.0 Å². The van der Waals surface area contributed by atoms with E-state index >= 15 is 0 Å². The number of hydrogen-bond acceptors (Lipinski definition) is 4. The number of carbonyl (C=O) groups is 1. The second-order valence-corrected chi connectivity index (χ2v) is 8.45. The van der Waals surface area contributed by atoms with Gasteiger partial charge in [-0.1, -0.05) is 18.2 Å². The second kappa shape index (κ2) is 8.62. The minimum absolute atomic E-state index is 0.115. The molecule has 6 heteroatoms. The Morgan fingerprint density at radius 2 is 1.96 bits per heavy atom. The van der Waals surface area contributed by atoms with Crippen LogP contribution in [0.4, 0.5) is 0 Å². The number of rotatable bonds is 7. The fraction of sp³-hybridized carbons (Fsp3) is 0.636. The Balaban J connectivity index is 1.33. The van der Waals surface area contributed by atoms with Crippen molar-refractivity contribution in [2.24, 2.45) is 5.41 Å². The molecule has 0 unspecified atom stereocenters. The van der Waals surface area contributed by atoms with E-state index in [2.05, 4.69) is 27.4 Å². The van der Waals surface area contributed by atoms with Crippen LogP contribution < -0.4 is 5.32 Å². The van der Waals surface area contributed by atoms with Crippen LogP contribution in [-0.2, 0) is 16.1 Å². The molecule has 4 rings (SSSR count). The Labute approximate surface area is 167 Å². The lowest BCUT2D eigenvalue weighted by Crippen LogP contribution is -2.48. The van der Waals surface area contributed by atoms with Gasteiger partial charge >= 0.3 is 0 Å². The van der Waals surface area contributed by atoms with Gasteiger partial charge in [0.2, 0.25) is 5.91 Å². The first-order chi connectivity index (χ1) is 13.7. The van der Waals surface area contributed by atoms with Crippen LogP contribution in [-0.4, -0.2) is 60.0 Å². The number of amides is 1. The first-order valence-corrected chi connectivity index (χ1v) is 10.6. The SMILES string of the molecule is Cc1nn(CCC(=O)NCC2(CN3CCCC3)CCOCC2)c2ccccc12. The van der Waals surface area contributed by atoms with E-state index in [0.29, 0.717) is 13.0 Å². The summed E-state index contributed by atoms with van der Waals surface area (Å²) in [5, 5.41) is 9.00. The number of likely N-dealkylation sites (tertiary alicyclic amines) is 1. The molecule has 6 nitrogen and oxygen atoms in total. The predicted octanol–water partition coefficient (Wildman–Crippen LogP) is 2.74. The molecule has 0 saturated carbocycles. The zero-order chi connectivity index (χ0) is 19.4. The van der Waals surface area contributed by atoms with E-state index in [1.54, 1.807) is 0 Å². The Hall–Kier alpha value is -1.92. The van der Waals surface area contributed by atoms with Crippen molar-refractivity contribution in [2.45, 2.75) is 45.6 Å². The largest absolute Gasteiger partial charge is 0.381 e. The molecule has 2 aromatic rings. The van der Waals surface area contributed by atoms with Gasteiger partial charge in [0.05, 0.1) is 17.8 Å². The van der Waals surface area contributed by atoms with Crippen molar-refractivity contribution in [1.29, 1.82) is 0 Å². The Morgan fingerprint density at radius 1 is 1.21 bits per heavy atom. The van der Waals surface area contributed by atoms with Crippen LogP contribution in [0, 0.1) is 12.3 Å². The molecule has 1 amide bonds. The van der Waals surface area contributed by atoms with Crippen molar-refractivity contribution in [2.75, 3.05) is 39.4 Å². The monoisotopic (exact) mass is 384 g/mol. The summed E-state index contributed by atoms with van der Waals surface area (Å²) < 4.78 is 7.56. The van der Waals surface area contributed by atoms with Gasteiger partial charge in [-0.25, -0.2) is 0 Å². The average Bonchev–Trinajstić information content (AvgIpc) is 3.34. The molecule has 0 aliphatic carbocycles. The lowest BCUT2D eigenvalue weighted by molar-refractivity contribution is -0.122. The fourth-order valence-electron chi connectivity index (χ4n) is 4.66. The number of aryl methyl sites for hydroxylation is 2. The molecule has 2 fully saturated rings. The van der Waals surface area contributed by atoms with E-state index in [9.17, 15) is 4.79 Å². The Morgan fingerprint density at radius 3 is 2.75 bits per heavy atom. The average molecular weight is 385 g/mol. The van der Waals surface area contributed by atoms with Gasteiger partial charge in [-0.2, -0.15) is 5.10 Å². The maximum absolute atomic E-state index is 12.6. The van der Waals surface area contributed by atoms with Gasteiger partial charge in [-0.3, -0.25) is 9.48 Å². The summed E-state index contributed by atoms with van der Waals surface area (Å²) in [5.41, 5.74) is 2.28. The maximum atomic E-state index is 12.6. The number of ether oxygens (including phenoxy) is 1. The molecular weight excluding hydrogens is 352 g/mol. The van der Waals surface area contributed by atoms with Gasteiger partial charge in [0.15, 0.2) is 0 Å². The number of nitrogens with one attached hydrogen (secondary N) is 1. The van der Waals surface area contributed by atoms with Crippen LogP contribution >= 0.6 is 0 Å². The number of carbonyl (C=O) groups excluding carboxylic acids is 1. The molecular formula is C22H32N4O2. The quantitative estimate of drug-likeness (QED) is 0.797. The molecule has 0 atom stereocenters. The van der Waals surface area contributed by atoms with Crippen LogP contribution in [0.25, 0.3) is 10.9 Å². The lowest BCUT2D eigenvalue weighted by atomic mass is 9.79. The van der Waals surface area contributed by atoms with Gasteiger partial charge in [0.25, 0.3) is 0 Å². The van der Waals surface area contributed by atoms with E-state index in [1.165, 1.54) is 25.9 Å². The molecule has 1 N–H and O–H groups in total. The number of para-hydroxylation sites is 1. The van der Waals surface area contributed by atoms with Gasteiger partial charge in [0, 0.05) is 43.5 Å². The van der Waals surface area contributed by atoms with Crippen LogP contribution in [0.5, 0.6) is 0 Å². The molecule has 152 valence electrons. The third-order valence-electron chi connectivity index (χ3n) is 6.37. The molecule has 3 heterocycles. The number of aromatic nitrogens is 2. The molecule has 1 aromatic heterocycles. The summed E-state index contributed by atoms with van der Waals surface area (Å²) in [7, 11) is 0. The zero-order valence-corrected chi connectivity index (χ0v) is 17.0. The van der Waals surface area contributed by atoms with Crippen molar-refractivity contribution >= 4 is 16.8 Å². The molecule has 0 bridgehead atoms. The number of nitrogens with zero attached hydrogens (tertiary/aromatic N) is 3. The van der Waals surface area contributed by atoms with E-state index in [4.69, 9.17) is 4.74 Å². The minimum atomic E-state index is 0.115. The third-order valence-corrected chi connectivity index (χ3v) is 6.37.